The van der Waals surface area contributed by atoms with E-state index in [0.29, 0.717) is 24.4 Å². The molecule has 2 N–H and O–H groups in total. The van der Waals surface area contributed by atoms with Crippen LogP contribution in [0.5, 0.6) is 0 Å². The lowest BCUT2D eigenvalue weighted by Gasteiger charge is -2.24. The molecule has 2 atom stereocenters. The number of carbonyl (C=O) groups excluding carboxylic acids is 3. The van der Waals surface area contributed by atoms with Gasteiger partial charge in [0.2, 0.25) is 11.8 Å². The van der Waals surface area contributed by atoms with E-state index in [1.807, 2.05) is 20.8 Å². The molecular formula is C19H27N3O4. The normalized spacial score (nSPS) is 18.1. The number of nitrogens with one attached hydrogen (secondary N) is 2. The van der Waals surface area contributed by atoms with Crippen LogP contribution in [0.4, 0.5) is 5.69 Å². The molecule has 1 saturated heterocycles. The van der Waals surface area contributed by atoms with E-state index < -0.39 is 5.92 Å². The number of ether oxygens (including phenoxy) is 1. The molecule has 0 aliphatic carbocycles. The van der Waals surface area contributed by atoms with Crippen molar-refractivity contribution < 1.29 is 19.1 Å². The van der Waals surface area contributed by atoms with Crippen LogP contribution >= 0.6 is 0 Å². The van der Waals surface area contributed by atoms with Gasteiger partial charge in [-0.15, -0.1) is 0 Å². The number of benzene rings is 1. The first kappa shape index (κ1) is 19.9. The summed E-state index contributed by atoms with van der Waals surface area (Å²) in [5.41, 5.74) is 0.856. The highest BCUT2D eigenvalue weighted by molar-refractivity contribution is 6.05. The lowest BCUT2D eigenvalue weighted by atomic mass is 10.1. The molecule has 0 aromatic heterocycles. The van der Waals surface area contributed by atoms with Crippen molar-refractivity contribution in [3.63, 3.8) is 0 Å². The molecule has 2 rings (SSSR count). The maximum Gasteiger partial charge on any atom is 0.253 e. The van der Waals surface area contributed by atoms with Crippen LogP contribution in [0.25, 0.3) is 0 Å². The van der Waals surface area contributed by atoms with Crippen LogP contribution in [0.3, 0.4) is 0 Å². The first-order chi connectivity index (χ1) is 12.3. The van der Waals surface area contributed by atoms with E-state index in [9.17, 15) is 14.4 Å². The SMILES string of the molecule is COC[C@@H](C)N1C[C@H](C(=O)Nc2ccccc2C(=O)NC(C)C)CC1=O. The van der Waals surface area contributed by atoms with E-state index in [4.69, 9.17) is 4.74 Å². The molecule has 1 aliphatic heterocycles. The quantitative estimate of drug-likeness (QED) is 0.773. The second-order valence-electron chi connectivity index (χ2n) is 6.91. The van der Waals surface area contributed by atoms with E-state index in [1.54, 1.807) is 36.3 Å². The topological polar surface area (TPSA) is 87.7 Å². The van der Waals surface area contributed by atoms with Crippen molar-refractivity contribution in [1.82, 2.24) is 10.2 Å². The Hall–Kier alpha value is -2.41. The Kier molecular flexibility index (Phi) is 6.74. The van der Waals surface area contributed by atoms with Crippen LogP contribution in [-0.2, 0) is 14.3 Å². The molecular weight excluding hydrogens is 334 g/mol. The third-order valence-electron chi connectivity index (χ3n) is 4.32. The molecule has 7 heteroatoms. The number of anilines is 1. The summed E-state index contributed by atoms with van der Waals surface area (Å²) in [5, 5.41) is 5.63. The smallest absolute Gasteiger partial charge is 0.253 e. The molecule has 0 unspecified atom stereocenters. The minimum atomic E-state index is -0.442. The van der Waals surface area contributed by atoms with Gasteiger partial charge in [0, 0.05) is 26.1 Å². The number of hydrogen-bond donors (Lipinski definition) is 2. The first-order valence-electron chi connectivity index (χ1n) is 8.82. The Morgan fingerprint density at radius 3 is 2.62 bits per heavy atom. The zero-order chi connectivity index (χ0) is 19.3. The summed E-state index contributed by atoms with van der Waals surface area (Å²) in [6.07, 6.45) is 0.167. The van der Waals surface area contributed by atoms with Crippen LogP contribution in [0.2, 0.25) is 0 Å². The summed E-state index contributed by atoms with van der Waals surface area (Å²) >= 11 is 0. The van der Waals surface area contributed by atoms with Crippen molar-refractivity contribution in [1.29, 1.82) is 0 Å². The molecule has 0 radical (unpaired) electrons. The number of amides is 3. The summed E-state index contributed by atoms with van der Waals surface area (Å²) < 4.78 is 5.09. The highest BCUT2D eigenvalue weighted by atomic mass is 16.5. The van der Waals surface area contributed by atoms with E-state index >= 15 is 0 Å². The minimum Gasteiger partial charge on any atom is -0.383 e. The third-order valence-corrected chi connectivity index (χ3v) is 4.32. The van der Waals surface area contributed by atoms with Gasteiger partial charge in [-0.25, -0.2) is 0 Å². The number of carbonyl (C=O) groups is 3. The second-order valence-corrected chi connectivity index (χ2v) is 6.91. The minimum absolute atomic E-state index is 0.00505. The largest absolute Gasteiger partial charge is 0.383 e. The number of hydrogen-bond acceptors (Lipinski definition) is 4. The molecule has 1 heterocycles. The maximum absolute atomic E-state index is 12.6. The number of likely N-dealkylation sites (tertiary alicyclic amines) is 1. The fourth-order valence-corrected chi connectivity index (χ4v) is 3.03. The molecule has 1 aromatic rings. The average Bonchev–Trinajstić information content (AvgIpc) is 2.97. The van der Waals surface area contributed by atoms with Gasteiger partial charge >= 0.3 is 0 Å². The van der Waals surface area contributed by atoms with Crippen molar-refractivity contribution in [3.05, 3.63) is 29.8 Å². The monoisotopic (exact) mass is 361 g/mol. The number of para-hydroxylation sites is 1. The Morgan fingerprint density at radius 2 is 1.96 bits per heavy atom. The third kappa shape index (κ3) is 4.82. The van der Waals surface area contributed by atoms with Gasteiger partial charge in [0.1, 0.15) is 0 Å². The molecule has 1 aliphatic rings. The van der Waals surface area contributed by atoms with Crippen molar-refractivity contribution >= 4 is 23.4 Å². The van der Waals surface area contributed by atoms with Crippen molar-refractivity contribution in [2.45, 2.75) is 39.3 Å². The lowest BCUT2D eigenvalue weighted by Crippen LogP contribution is -2.38. The molecule has 1 aromatic carbocycles. The molecule has 0 bridgehead atoms. The number of rotatable bonds is 7. The van der Waals surface area contributed by atoms with Gasteiger partial charge in [-0.3, -0.25) is 14.4 Å². The molecule has 1 fully saturated rings. The van der Waals surface area contributed by atoms with Gasteiger partial charge in [-0.2, -0.15) is 0 Å². The standard InChI is InChI=1S/C19H27N3O4/c1-12(2)20-19(25)15-7-5-6-8-16(15)21-18(24)14-9-17(23)22(10-14)13(3)11-26-4/h5-8,12-14H,9-11H2,1-4H3,(H,20,25)(H,21,24)/t13-,14-/m1/s1. The predicted octanol–water partition coefficient (Wildman–Crippen LogP) is 1.65. The van der Waals surface area contributed by atoms with E-state index in [2.05, 4.69) is 10.6 Å². The van der Waals surface area contributed by atoms with Gasteiger partial charge in [-0.1, -0.05) is 12.1 Å². The Morgan fingerprint density at radius 1 is 1.27 bits per heavy atom. The second kappa shape index (κ2) is 8.80. The van der Waals surface area contributed by atoms with E-state index in [-0.39, 0.29) is 36.2 Å². The van der Waals surface area contributed by atoms with Crippen molar-refractivity contribution in [2.24, 2.45) is 5.92 Å². The van der Waals surface area contributed by atoms with E-state index in [1.165, 1.54) is 0 Å². The van der Waals surface area contributed by atoms with Gasteiger partial charge in [0.05, 0.1) is 29.8 Å². The summed E-state index contributed by atoms with van der Waals surface area (Å²) in [5.74, 6) is -0.993. The molecule has 142 valence electrons. The molecule has 3 amide bonds. The van der Waals surface area contributed by atoms with Gasteiger partial charge in [0.15, 0.2) is 0 Å². The Labute approximate surface area is 154 Å². The molecule has 0 saturated carbocycles. The maximum atomic E-state index is 12.6. The van der Waals surface area contributed by atoms with Crippen LogP contribution in [0, 0.1) is 5.92 Å². The van der Waals surface area contributed by atoms with Crippen LogP contribution in [0.15, 0.2) is 24.3 Å². The molecule has 0 spiro atoms. The summed E-state index contributed by atoms with van der Waals surface area (Å²) in [6.45, 7) is 6.43. The summed E-state index contributed by atoms with van der Waals surface area (Å²) in [6, 6.07) is 6.78. The average molecular weight is 361 g/mol. The lowest BCUT2D eigenvalue weighted by molar-refractivity contribution is -0.130. The van der Waals surface area contributed by atoms with Gasteiger partial charge in [-0.05, 0) is 32.9 Å². The predicted molar refractivity (Wildman–Crippen MR) is 98.8 cm³/mol. The fraction of sp³-hybridized carbons (Fsp3) is 0.526. The highest BCUT2D eigenvalue weighted by Gasteiger charge is 2.36. The molecule has 26 heavy (non-hydrogen) atoms. The first-order valence-corrected chi connectivity index (χ1v) is 8.82. The zero-order valence-corrected chi connectivity index (χ0v) is 15.7. The summed E-state index contributed by atoms with van der Waals surface area (Å²) in [4.78, 5) is 38.8. The van der Waals surface area contributed by atoms with Crippen molar-refractivity contribution in [3.8, 4) is 0 Å². The Bertz CT molecular complexity index is 675. The van der Waals surface area contributed by atoms with E-state index in [0.717, 1.165) is 0 Å². The van der Waals surface area contributed by atoms with Crippen LogP contribution < -0.4 is 10.6 Å². The Balaban J connectivity index is 2.07. The van der Waals surface area contributed by atoms with Gasteiger partial charge < -0.3 is 20.3 Å². The molecule has 7 nitrogen and oxygen atoms in total. The zero-order valence-electron chi connectivity index (χ0n) is 15.7. The number of methoxy groups -OCH3 is 1. The van der Waals surface area contributed by atoms with Crippen LogP contribution in [0.1, 0.15) is 37.6 Å². The summed E-state index contributed by atoms with van der Waals surface area (Å²) in [7, 11) is 1.58. The van der Waals surface area contributed by atoms with Crippen molar-refractivity contribution in [2.75, 3.05) is 25.6 Å². The fourth-order valence-electron chi connectivity index (χ4n) is 3.03. The van der Waals surface area contributed by atoms with Gasteiger partial charge in [0.25, 0.3) is 5.91 Å². The van der Waals surface area contributed by atoms with Crippen LogP contribution in [-0.4, -0.2) is 55.0 Å². The highest BCUT2D eigenvalue weighted by Crippen LogP contribution is 2.23. The number of nitrogens with zero attached hydrogens (tertiary/aromatic N) is 1.